The third-order valence-electron chi connectivity index (χ3n) is 5.58. The molecule has 0 amide bonds. The SMILES string of the molecule is Oc1ccc(CNCCNC(c2ccccc2)(c2ccccc2)c2ccccc2)cc1. The second-order valence-electron chi connectivity index (χ2n) is 7.62. The normalized spacial score (nSPS) is 11.4. The van der Waals surface area contributed by atoms with Crippen molar-refractivity contribution in [1.29, 1.82) is 0 Å². The summed E-state index contributed by atoms with van der Waals surface area (Å²) in [5, 5.41) is 16.8. The Labute approximate surface area is 184 Å². The van der Waals surface area contributed by atoms with Crippen molar-refractivity contribution < 1.29 is 5.11 Å². The molecule has 156 valence electrons. The number of hydrogen-bond donors (Lipinski definition) is 3. The fourth-order valence-electron chi connectivity index (χ4n) is 4.06. The Kier molecular flexibility index (Phi) is 6.78. The first kappa shape index (κ1) is 20.9. The first-order valence-electron chi connectivity index (χ1n) is 10.7. The minimum absolute atomic E-state index is 0.295. The Morgan fingerprint density at radius 3 is 1.45 bits per heavy atom. The number of benzene rings is 4. The first-order chi connectivity index (χ1) is 15.3. The van der Waals surface area contributed by atoms with Crippen LogP contribution in [0.3, 0.4) is 0 Å². The lowest BCUT2D eigenvalue weighted by Gasteiger charge is -2.37. The van der Waals surface area contributed by atoms with Crippen LogP contribution in [0.25, 0.3) is 0 Å². The van der Waals surface area contributed by atoms with E-state index in [2.05, 4.69) is 102 Å². The highest BCUT2D eigenvalue weighted by molar-refractivity contribution is 5.49. The molecule has 0 bridgehead atoms. The molecule has 3 N–H and O–H groups in total. The van der Waals surface area contributed by atoms with Gasteiger partial charge in [-0.05, 0) is 34.4 Å². The van der Waals surface area contributed by atoms with Gasteiger partial charge in [0.1, 0.15) is 5.75 Å². The van der Waals surface area contributed by atoms with E-state index < -0.39 is 5.54 Å². The van der Waals surface area contributed by atoms with E-state index in [4.69, 9.17) is 0 Å². The Bertz CT molecular complexity index is 952. The molecule has 0 atom stereocenters. The molecule has 4 aromatic rings. The van der Waals surface area contributed by atoms with Crippen molar-refractivity contribution in [1.82, 2.24) is 10.6 Å². The van der Waals surface area contributed by atoms with Gasteiger partial charge in [-0.2, -0.15) is 0 Å². The fraction of sp³-hybridized carbons (Fsp3) is 0.143. The predicted molar refractivity (Wildman–Crippen MR) is 127 cm³/mol. The van der Waals surface area contributed by atoms with Crippen LogP contribution >= 0.6 is 0 Å². The lowest BCUT2D eigenvalue weighted by Crippen LogP contribution is -2.47. The molecule has 4 aromatic carbocycles. The van der Waals surface area contributed by atoms with Crippen LogP contribution in [0, 0.1) is 0 Å². The predicted octanol–water partition coefficient (Wildman–Crippen LogP) is 5.06. The Morgan fingerprint density at radius 1 is 0.548 bits per heavy atom. The molecule has 0 aliphatic rings. The zero-order valence-electron chi connectivity index (χ0n) is 17.5. The van der Waals surface area contributed by atoms with E-state index in [1.54, 1.807) is 12.1 Å². The molecule has 4 rings (SSSR count). The Balaban J connectivity index is 1.58. The molecular weight excluding hydrogens is 380 g/mol. The average molecular weight is 409 g/mol. The largest absolute Gasteiger partial charge is 0.508 e. The number of aromatic hydroxyl groups is 1. The quantitative estimate of drug-likeness (QED) is 0.268. The molecule has 0 aliphatic carbocycles. The summed E-state index contributed by atoms with van der Waals surface area (Å²) in [6.45, 7) is 2.36. The maximum atomic E-state index is 9.45. The van der Waals surface area contributed by atoms with Gasteiger partial charge in [0.05, 0.1) is 5.54 Å². The van der Waals surface area contributed by atoms with Crippen molar-refractivity contribution in [2.24, 2.45) is 0 Å². The summed E-state index contributed by atoms with van der Waals surface area (Å²) < 4.78 is 0. The van der Waals surface area contributed by atoms with E-state index in [0.29, 0.717) is 5.75 Å². The number of phenols is 1. The van der Waals surface area contributed by atoms with E-state index in [-0.39, 0.29) is 0 Å². The number of hydrogen-bond acceptors (Lipinski definition) is 3. The molecular formula is C28H28N2O. The monoisotopic (exact) mass is 408 g/mol. The van der Waals surface area contributed by atoms with Gasteiger partial charge < -0.3 is 10.4 Å². The lowest BCUT2D eigenvalue weighted by molar-refractivity contribution is 0.462. The zero-order chi connectivity index (χ0) is 21.4. The molecule has 0 aliphatic heterocycles. The molecule has 0 saturated heterocycles. The smallest absolute Gasteiger partial charge is 0.115 e. The molecule has 0 spiro atoms. The van der Waals surface area contributed by atoms with Crippen molar-refractivity contribution in [2.75, 3.05) is 13.1 Å². The molecule has 0 fully saturated rings. The van der Waals surface area contributed by atoms with E-state index in [0.717, 1.165) is 25.2 Å². The highest BCUT2D eigenvalue weighted by atomic mass is 16.3. The summed E-state index contributed by atoms with van der Waals surface area (Å²) in [7, 11) is 0. The van der Waals surface area contributed by atoms with E-state index in [1.807, 2.05) is 12.1 Å². The standard InChI is InChI=1S/C28H28N2O/c31-27-18-16-23(17-19-27)22-29-20-21-30-28(24-10-4-1-5-11-24,25-12-6-2-7-13-25)26-14-8-3-9-15-26/h1-19,29-31H,20-22H2. The van der Waals surface area contributed by atoms with Crippen LogP contribution < -0.4 is 10.6 Å². The fourth-order valence-corrected chi connectivity index (χ4v) is 4.06. The Morgan fingerprint density at radius 2 is 1.00 bits per heavy atom. The topological polar surface area (TPSA) is 44.3 Å². The number of phenolic OH excluding ortho intramolecular Hbond substituents is 1. The third kappa shape index (κ3) is 4.85. The van der Waals surface area contributed by atoms with Gasteiger partial charge in [-0.25, -0.2) is 0 Å². The van der Waals surface area contributed by atoms with E-state index in [9.17, 15) is 5.11 Å². The summed E-state index contributed by atoms with van der Waals surface area (Å²) in [5.74, 6) is 0.295. The molecule has 3 heteroatoms. The van der Waals surface area contributed by atoms with Gasteiger partial charge >= 0.3 is 0 Å². The van der Waals surface area contributed by atoms with E-state index >= 15 is 0 Å². The summed E-state index contributed by atoms with van der Waals surface area (Å²) in [6.07, 6.45) is 0. The van der Waals surface area contributed by atoms with Crippen LogP contribution in [0.4, 0.5) is 0 Å². The van der Waals surface area contributed by atoms with Gasteiger partial charge in [-0.3, -0.25) is 5.32 Å². The lowest BCUT2D eigenvalue weighted by atomic mass is 9.77. The summed E-state index contributed by atoms with van der Waals surface area (Å²) in [5.41, 5.74) is 4.35. The molecule has 3 nitrogen and oxygen atoms in total. The van der Waals surface area contributed by atoms with E-state index in [1.165, 1.54) is 16.7 Å². The molecule has 0 saturated carbocycles. The van der Waals surface area contributed by atoms with Crippen LogP contribution in [0.5, 0.6) is 5.75 Å². The summed E-state index contributed by atoms with van der Waals surface area (Å²) in [4.78, 5) is 0. The number of nitrogens with one attached hydrogen (secondary N) is 2. The minimum Gasteiger partial charge on any atom is -0.508 e. The number of rotatable bonds is 9. The van der Waals surface area contributed by atoms with Gasteiger partial charge in [0.15, 0.2) is 0 Å². The first-order valence-corrected chi connectivity index (χ1v) is 10.7. The van der Waals surface area contributed by atoms with Gasteiger partial charge in [0.2, 0.25) is 0 Å². The second-order valence-corrected chi connectivity index (χ2v) is 7.62. The van der Waals surface area contributed by atoms with Crippen molar-refractivity contribution in [3.05, 3.63) is 138 Å². The molecule has 31 heavy (non-hydrogen) atoms. The van der Waals surface area contributed by atoms with Crippen LogP contribution in [-0.2, 0) is 12.1 Å². The van der Waals surface area contributed by atoms with Crippen molar-refractivity contribution in [3.63, 3.8) is 0 Å². The van der Waals surface area contributed by atoms with Gasteiger partial charge in [0, 0.05) is 19.6 Å². The molecule has 0 aromatic heterocycles. The van der Waals surface area contributed by atoms with Gasteiger partial charge in [-0.15, -0.1) is 0 Å². The van der Waals surface area contributed by atoms with Crippen molar-refractivity contribution in [3.8, 4) is 5.75 Å². The van der Waals surface area contributed by atoms with Crippen molar-refractivity contribution >= 4 is 0 Å². The van der Waals surface area contributed by atoms with Crippen LogP contribution in [0.2, 0.25) is 0 Å². The molecule has 0 heterocycles. The zero-order valence-corrected chi connectivity index (χ0v) is 17.5. The maximum absolute atomic E-state index is 9.45. The maximum Gasteiger partial charge on any atom is 0.115 e. The van der Waals surface area contributed by atoms with Crippen LogP contribution in [0.1, 0.15) is 22.3 Å². The highest BCUT2D eigenvalue weighted by Gasteiger charge is 2.35. The molecule has 0 radical (unpaired) electrons. The third-order valence-corrected chi connectivity index (χ3v) is 5.58. The van der Waals surface area contributed by atoms with Crippen molar-refractivity contribution in [2.45, 2.75) is 12.1 Å². The highest BCUT2D eigenvalue weighted by Crippen LogP contribution is 2.36. The van der Waals surface area contributed by atoms with Crippen LogP contribution in [0.15, 0.2) is 115 Å². The second kappa shape index (κ2) is 10.1. The van der Waals surface area contributed by atoms with Gasteiger partial charge in [-0.1, -0.05) is 103 Å². The summed E-state index contributed by atoms with van der Waals surface area (Å²) >= 11 is 0. The van der Waals surface area contributed by atoms with Gasteiger partial charge in [0.25, 0.3) is 0 Å². The summed E-state index contributed by atoms with van der Waals surface area (Å²) in [6, 6.07) is 39.2. The average Bonchev–Trinajstić information content (AvgIpc) is 2.84. The Hall–Kier alpha value is -3.40. The van der Waals surface area contributed by atoms with Crippen LogP contribution in [-0.4, -0.2) is 18.2 Å². The molecule has 0 unspecified atom stereocenters. The minimum atomic E-state index is -0.440.